The molecule has 0 saturated heterocycles. The first-order chi connectivity index (χ1) is 8.90. The van der Waals surface area contributed by atoms with Crippen LogP contribution in [0.5, 0.6) is 0 Å². The minimum absolute atomic E-state index is 0.0322. The van der Waals surface area contributed by atoms with Gasteiger partial charge in [0.15, 0.2) is 0 Å². The fraction of sp³-hybridized carbons (Fsp3) is 0.417. The number of hydrogen-bond donors (Lipinski definition) is 2. The molecule has 0 bridgehead atoms. The molecule has 0 saturated carbocycles. The van der Waals surface area contributed by atoms with Crippen LogP contribution in [0.4, 0.5) is 5.69 Å². The van der Waals surface area contributed by atoms with Gasteiger partial charge in [0.25, 0.3) is 0 Å². The molecule has 0 fully saturated rings. The molecule has 7 heteroatoms. The monoisotopic (exact) mass is 283 g/mol. The molecule has 1 rings (SSSR count). The van der Waals surface area contributed by atoms with Gasteiger partial charge >= 0.3 is 0 Å². The van der Waals surface area contributed by atoms with E-state index in [2.05, 4.69) is 4.72 Å². The number of nitrogen functional groups attached to an aromatic ring is 1. The van der Waals surface area contributed by atoms with Crippen LogP contribution in [0.1, 0.15) is 19.4 Å². The summed E-state index contributed by atoms with van der Waals surface area (Å²) in [4.78, 5) is -0.0322. The van der Waals surface area contributed by atoms with Gasteiger partial charge in [0.2, 0.25) is 10.0 Å². The molecule has 1 atom stereocenters. The third-order valence-corrected chi connectivity index (χ3v) is 3.94. The molecule has 0 spiro atoms. The molecule has 104 valence electrons. The van der Waals surface area contributed by atoms with Crippen molar-refractivity contribution in [1.29, 1.82) is 5.26 Å². The highest BCUT2D eigenvalue weighted by Crippen LogP contribution is 2.19. The van der Waals surface area contributed by atoms with Gasteiger partial charge < -0.3 is 10.5 Å². The summed E-state index contributed by atoms with van der Waals surface area (Å²) in [7, 11) is -3.69. The third-order valence-electron chi connectivity index (χ3n) is 2.44. The lowest BCUT2D eigenvalue weighted by Crippen LogP contribution is -2.32. The van der Waals surface area contributed by atoms with Gasteiger partial charge in [-0.1, -0.05) is 0 Å². The van der Waals surface area contributed by atoms with Gasteiger partial charge in [0, 0.05) is 13.2 Å². The fourth-order valence-corrected chi connectivity index (χ4v) is 2.74. The largest absolute Gasteiger partial charge is 0.398 e. The second-order valence-corrected chi connectivity index (χ2v) is 5.72. The van der Waals surface area contributed by atoms with E-state index in [0.29, 0.717) is 12.2 Å². The lowest BCUT2D eigenvalue weighted by Gasteiger charge is -2.14. The Morgan fingerprint density at radius 1 is 1.53 bits per heavy atom. The molecular formula is C12H17N3O3S. The molecule has 1 aromatic carbocycles. The molecule has 0 aliphatic heterocycles. The maximum Gasteiger partial charge on any atom is 0.242 e. The van der Waals surface area contributed by atoms with E-state index in [1.54, 1.807) is 6.92 Å². The lowest BCUT2D eigenvalue weighted by molar-refractivity contribution is 0.0799. The number of nitriles is 1. The summed E-state index contributed by atoms with van der Waals surface area (Å²) < 4.78 is 31.7. The Labute approximate surface area is 113 Å². The van der Waals surface area contributed by atoms with E-state index < -0.39 is 10.0 Å². The predicted molar refractivity (Wildman–Crippen MR) is 71.8 cm³/mol. The second kappa shape index (κ2) is 6.52. The third kappa shape index (κ3) is 4.21. The van der Waals surface area contributed by atoms with Crippen LogP contribution in [0, 0.1) is 11.3 Å². The normalized spacial score (nSPS) is 12.9. The van der Waals surface area contributed by atoms with Crippen molar-refractivity contribution in [1.82, 2.24) is 4.72 Å². The Kier molecular flexibility index (Phi) is 5.30. The number of nitrogens with two attached hydrogens (primary N) is 1. The van der Waals surface area contributed by atoms with E-state index in [-0.39, 0.29) is 23.2 Å². The van der Waals surface area contributed by atoms with Crippen molar-refractivity contribution in [3.8, 4) is 6.07 Å². The average molecular weight is 283 g/mol. The number of rotatable bonds is 6. The molecule has 0 aliphatic rings. The van der Waals surface area contributed by atoms with Crippen molar-refractivity contribution < 1.29 is 13.2 Å². The number of benzene rings is 1. The Morgan fingerprint density at radius 2 is 2.21 bits per heavy atom. The number of ether oxygens (including phenoxy) is 1. The maximum atomic E-state index is 12.0. The average Bonchev–Trinajstić information content (AvgIpc) is 2.36. The summed E-state index contributed by atoms with van der Waals surface area (Å²) in [5.41, 5.74) is 6.02. The number of hydrogen-bond acceptors (Lipinski definition) is 5. The van der Waals surface area contributed by atoms with Crippen molar-refractivity contribution in [2.75, 3.05) is 18.9 Å². The van der Waals surface area contributed by atoms with Crippen molar-refractivity contribution in [2.24, 2.45) is 0 Å². The van der Waals surface area contributed by atoms with Crippen molar-refractivity contribution in [3.05, 3.63) is 23.8 Å². The molecular weight excluding hydrogens is 266 g/mol. The first-order valence-corrected chi connectivity index (χ1v) is 7.30. The lowest BCUT2D eigenvalue weighted by atomic mass is 10.2. The highest BCUT2D eigenvalue weighted by molar-refractivity contribution is 7.89. The van der Waals surface area contributed by atoms with Crippen LogP contribution in [-0.2, 0) is 14.8 Å². The van der Waals surface area contributed by atoms with Gasteiger partial charge in [0.05, 0.1) is 23.4 Å². The molecule has 0 radical (unpaired) electrons. The number of anilines is 1. The van der Waals surface area contributed by atoms with Gasteiger partial charge in [-0.05, 0) is 32.0 Å². The summed E-state index contributed by atoms with van der Waals surface area (Å²) in [5, 5.41) is 8.70. The highest BCUT2D eigenvalue weighted by atomic mass is 32.2. The van der Waals surface area contributed by atoms with Gasteiger partial charge in [-0.25, -0.2) is 13.1 Å². The minimum atomic E-state index is -3.69. The summed E-state index contributed by atoms with van der Waals surface area (Å²) in [5.74, 6) is 0. The molecule has 0 aliphatic carbocycles. The molecule has 1 unspecified atom stereocenters. The van der Waals surface area contributed by atoms with Crippen LogP contribution >= 0.6 is 0 Å². The van der Waals surface area contributed by atoms with E-state index in [9.17, 15) is 8.42 Å². The quantitative estimate of drug-likeness (QED) is 0.753. The molecule has 19 heavy (non-hydrogen) atoms. The van der Waals surface area contributed by atoms with Crippen LogP contribution < -0.4 is 10.5 Å². The number of nitrogens with one attached hydrogen (secondary N) is 1. The molecule has 0 heterocycles. The van der Waals surface area contributed by atoms with Crippen LogP contribution in [0.15, 0.2) is 23.1 Å². The first-order valence-electron chi connectivity index (χ1n) is 5.81. The SMILES string of the molecule is CCOC(C)CNS(=O)(=O)c1ccc(C#N)cc1N. The number of nitrogens with zero attached hydrogens (tertiary/aromatic N) is 1. The zero-order valence-corrected chi connectivity index (χ0v) is 11.7. The number of sulfonamides is 1. The van der Waals surface area contributed by atoms with E-state index >= 15 is 0 Å². The summed E-state index contributed by atoms with van der Waals surface area (Å²) in [6, 6.07) is 5.97. The van der Waals surface area contributed by atoms with E-state index in [1.807, 2.05) is 13.0 Å². The van der Waals surface area contributed by atoms with Gasteiger partial charge in [0.1, 0.15) is 4.90 Å². The van der Waals surface area contributed by atoms with Gasteiger partial charge in [-0.15, -0.1) is 0 Å². The van der Waals surface area contributed by atoms with Crippen LogP contribution in [0.2, 0.25) is 0 Å². The van der Waals surface area contributed by atoms with Crippen molar-refractivity contribution >= 4 is 15.7 Å². The van der Waals surface area contributed by atoms with Crippen LogP contribution in [0.3, 0.4) is 0 Å². The van der Waals surface area contributed by atoms with Crippen LogP contribution in [0.25, 0.3) is 0 Å². The summed E-state index contributed by atoms with van der Waals surface area (Å²) in [6.45, 7) is 4.29. The Balaban J connectivity index is 2.86. The Morgan fingerprint density at radius 3 is 2.74 bits per heavy atom. The molecule has 1 aromatic rings. The van der Waals surface area contributed by atoms with Crippen molar-refractivity contribution in [3.63, 3.8) is 0 Å². The van der Waals surface area contributed by atoms with Gasteiger partial charge in [-0.3, -0.25) is 0 Å². The maximum absolute atomic E-state index is 12.0. The summed E-state index contributed by atoms with van der Waals surface area (Å²) in [6.07, 6.45) is -0.223. The molecule has 0 amide bonds. The van der Waals surface area contributed by atoms with E-state index in [1.165, 1.54) is 18.2 Å². The van der Waals surface area contributed by atoms with E-state index in [0.717, 1.165) is 0 Å². The topological polar surface area (TPSA) is 105 Å². The van der Waals surface area contributed by atoms with Crippen LogP contribution in [-0.4, -0.2) is 27.7 Å². The Hall–Kier alpha value is -1.62. The predicted octanol–water partition coefficient (Wildman–Crippen LogP) is 0.844. The minimum Gasteiger partial charge on any atom is -0.398 e. The Bertz CT molecular complexity index is 578. The molecule has 0 aromatic heterocycles. The standard InChI is InChI=1S/C12H17N3O3S/c1-3-18-9(2)8-15-19(16,17)12-5-4-10(7-13)6-11(12)14/h4-6,9,15H,3,8,14H2,1-2H3. The molecule has 3 N–H and O–H groups in total. The smallest absolute Gasteiger partial charge is 0.242 e. The van der Waals surface area contributed by atoms with Crippen molar-refractivity contribution in [2.45, 2.75) is 24.8 Å². The zero-order valence-electron chi connectivity index (χ0n) is 10.9. The van der Waals surface area contributed by atoms with E-state index in [4.69, 9.17) is 15.7 Å². The zero-order chi connectivity index (χ0) is 14.5. The molecule has 6 nitrogen and oxygen atoms in total. The highest BCUT2D eigenvalue weighted by Gasteiger charge is 2.18. The second-order valence-electron chi connectivity index (χ2n) is 3.98. The summed E-state index contributed by atoms with van der Waals surface area (Å²) >= 11 is 0. The fourth-order valence-electron chi connectivity index (χ4n) is 1.51. The first kappa shape index (κ1) is 15.4. The van der Waals surface area contributed by atoms with Gasteiger partial charge in [-0.2, -0.15) is 5.26 Å².